The number of nitrogens with zero attached hydrogens (tertiary/aromatic N) is 2. The zero-order valence-electron chi connectivity index (χ0n) is 18.5. The number of para-hydroxylation sites is 1. The maximum Gasteiger partial charge on any atom is 0.419 e. The van der Waals surface area contributed by atoms with E-state index in [1.165, 1.54) is 0 Å². The van der Waals surface area contributed by atoms with Crippen molar-refractivity contribution in [2.75, 3.05) is 6.61 Å². The Balaban J connectivity index is 1.75. The number of carbonyl (C=O) groups is 2. The van der Waals surface area contributed by atoms with Crippen molar-refractivity contribution in [1.82, 2.24) is 4.57 Å². The number of hydrogen-bond donors (Lipinski definition) is 0. The highest BCUT2D eigenvalue weighted by molar-refractivity contribution is 6.38. The second-order valence-corrected chi connectivity index (χ2v) is 8.90. The summed E-state index contributed by atoms with van der Waals surface area (Å²) >= 11 is 0. The fraction of sp³-hybridized carbons (Fsp3) is 0.269. The topological polar surface area (TPSA) is 69.9 Å². The van der Waals surface area contributed by atoms with Gasteiger partial charge in [-0.15, -0.1) is 0 Å². The third-order valence-electron chi connectivity index (χ3n) is 5.55. The molecule has 1 aliphatic heterocycles. The molecule has 1 aromatic heterocycles. The van der Waals surface area contributed by atoms with E-state index < -0.39 is 17.6 Å². The Bertz CT molecular complexity index is 1380. The third-order valence-corrected chi connectivity index (χ3v) is 5.55. The van der Waals surface area contributed by atoms with Crippen LogP contribution in [0.3, 0.4) is 0 Å². The molecule has 162 valence electrons. The Morgan fingerprint density at radius 3 is 2.62 bits per heavy atom. The van der Waals surface area contributed by atoms with Crippen molar-refractivity contribution >= 4 is 50.8 Å². The van der Waals surface area contributed by atoms with Crippen LogP contribution in [0.25, 0.3) is 27.4 Å². The molecule has 0 bridgehead atoms. The highest BCUT2D eigenvalue weighted by Crippen LogP contribution is 2.45. The van der Waals surface area contributed by atoms with E-state index in [-0.39, 0.29) is 5.97 Å². The second-order valence-electron chi connectivity index (χ2n) is 8.90. The number of carbonyl (C=O) groups excluding carboxylic acids is 2. The monoisotopic (exact) mass is 428 g/mol. The number of aromatic nitrogens is 1. The molecule has 0 amide bonds. The van der Waals surface area contributed by atoms with Gasteiger partial charge in [0.25, 0.3) is 0 Å². The molecule has 6 heteroatoms. The summed E-state index contributed by atoms with van der Waals surface area (Å²) in [4.78, 5) is 30.3. The summed E-state index contributed by atoms with van der Waals surface area (Å²) < 4.78 is 12.5. The van der Waals surface area contributed by atoms with Gasteiger partial charge in [0, 0.05) is 21.9 Å². The van der Waals surface area contributed by atoms with E-state index in [0.717, 1.165) is 44.3 Å². The fourth-order valence-electron chi connectivity index (χ4n) is 4.35. The van der Waals surface area contributed by atoms with E-state index in [4.69, 9.17) is 14.5 Å². The standard InChI is InChI=1S/C26H24N2O4/c1-5-31-24(29)15-10-11-18-17(14-15)22-19(27-18)12-13-21-23(22)16-8-6-7-9-20(16)28(21)25(30)32-26(2,3)4/h6-15H,5H2,1-4H3. The molecule has 0 radical (unpaired) electrons. The van der Waals surface area contributed by atoms with Crippen molar-refractivity contribution in [1.29, 1.82) is 0 Å². The van der Waals surface area contributed by atoms with Gasteiger partial charge in [-0.25, -0.2) is 14.4 Å². The number of fused-ring (bicyclic) bond motifs is 7. The second kappa shape index (κ2) is 7.19. The molecular formula is C26H24N2O4. The lowest BCUT2D eigenvalue weighted by Crippen LogP contribution is -2.27. The average molecular weight is 428 g/mol. The maximum atomic E-state index is 13.2. The van der Waals surface area contributed by atoms with Gasteiger partial charge >= 0.3 is 12.1 Å². The molecule has 1 aliphatic carbocycles. The molecule has 0 saturated carbocycles. The van der Waals surface area contributed by atoms with Crippen LogP contribution in [0.1, 0.15) is 33.3 Å². The molecular weight excluding hydrogens is 404 g/mol. The zero-order valence-corrected chi connectivity index (χ0v) is 18.5. The normalized spacial score (nSPS) is 17.1. The van der Waals surface area contributed by atoms with Crippen LogP contribution in [-0.4, -0.2) is 34.5 Å². The Morgan fingerprint density at radius 1 is 1.09 bits per heavy atom. The molecule has 32 heavy (non-hydrogen) atoms. The number of esters is 1. The van der Waals surface area contributed by atoms with E-state index in [0.29, 0.717) is 6.61 Å². The van der Waals surface area contributed by atoms with Crippen molar-refractivity contribution in [2.45, 2.75) is 33.3 Å². The highest BCUT2D eigenvalue weighted by Gasteiger charge is 2.31. The van der Waals surface area contributed by atoms with E-state index in [2.05, 4.69) is 0 Å². The van der Waals surface area contributed by atoms with Gasteiger partial charge in [-0.1, -0.05) is 30.4 Å². The van der Waals surface area contributed by atoms with E-state index in [1.807, 2.05) is 75.4 Å². The SMILES string of the molecule is CCOC(=O)C1C=CC2=Nc3ccc4c(c3C2=C1)c1ccccc1n4C(=O)OC(C)(C)C. The van der Waals surface area contributed by atoms with Gasteiger partial charge in [-0.3, -0.25) is 4.79 Å². The molecule has 0 N–H and O–H groups in total. The summed E-state index contributed by atoms with van der Waals surface area (Å²) in [5.41, 5.74) is 4.34. The van der Waals surface area contributed by atoms with Crippen molar-refractivity contribution < 1.29 is 19.1 Å². The zero-order chi connectivity index (χ0) is 22.6. The van der Waals surface area contributed by atoms with Crippen LogP contribution in [0, 0.1) is 5.92 Å². The van der Waals surface area contributed by atoms with Crippen molar-refractivity contribution in [3.8, 4) is 0 Å². The predicted molar refractivity (Wildman–Crippen MR) is 125 cm³/mol. The molecule has 0 fully saturated rings. The summed E-state index contributed by atoms with van der Waals surface area (Å²) in [6.07, 6.45) is 5.16. The lowest BCUT2D eigenvalue weighted by Gasteiger charge is -2.20. The molecule has 2 heterocycles. The van der Waals surface area contributed by atoms with Crippen LogP contribution in [-0.2, 0) is 14.3 Å². The number of hydrogen-bond acceptors (Lipinski definition) is 5. The Kier molecular flexibility index (Phi) is 4.55. The van der Waals surface area contributed by atoms with Gasteiger partial charge in [-0.2, -0.15) is 0 Å². The molecule has 0 spiro atoms. The minimum Gasteiger partial charge on any atom is -0.465 e. The first-order valence-corrected chi connectivity index (χ1v) is 10.7. The van der Waals surface area contributed by atoms with Gasteiger partial charge in [0.05, 0.1) is 35.0 Å². The molecule has 6 nitrogen and oxygen atoms in total. The Labute approximate surface area is 185 Å². The van der Waals surface area contributed by atoms with Crippen molar-refractivity contribution in [2.24, 2.45) is 10.9 Å². The summed E-state index contributed by atoms with van der Waals surface area (Å²) in [7, 11) is 0. The molecule has 1 atom stereocenters. The van der Waals surface area contributed by atoms with Gasteiger partial charge in [0.2, 0.25) is 0 Å². The highest BCUT2D eigenvalue weighted by atomic mass is 16.6. The van der Waals surface area contributed by atoms with Crippen LogP contribution in [0.5, 0.6) is 0 Å². The van der Waals surface area contributed by atoms with Crippen LogP contribution in [0.4, 0.5) is 10.5 Å². The van der Waals surface area contributed by atoms with E-state index >= 15 is 0 Å². The molecule has 5 rings (SSSR count). The van der Waals surface area contributed by atoms with Crippen molar-refractivity contribution in [3.63, 3.8) is 0 Å². The predicted octanol–water partition coefficient (Wildman–Crippen LogP) is 5.80. The fourth-order valence-corrected chi connectivity index (χ4v) is 4.35. The van der Waals surface area contributed by atoms with E-state index in [9.17, 15) is 9.59 Å². The third kappa shape index (κ3) is 3.14. The van der Waals surface area contributed by atoms with Crippen molar-refractivity contribution in [3.05, 3.63) is 60.2 Å². The summed E-state index contributed by atoms with van der Waals surface area (Å²) in [5, 5.41) is 1.86. The largest absolute Gasteiger partial charge is 0.465 e. The van der Waals surface area contributed by atoms with E-state index in [1.54, 1.807) is 11.5 Å². The average Bonchev–Trinajstić information content (AvgIpc) is 3.27. The van der Waals surface area contributed by atoms with Gasteiger partial charge in [0.15, 0.2) is 0 Å². The summed E-state index contributed by atoms with van der Waals surface area (Å²) in [5.74, 6) is -0.753. The Hall–Kier alpha value is -3.67. The number of aliphatic imine (C=N–C) groups is 1. The maximum absolute atomic E-state index is 13.2. The first kappa shape index (κ1) is 20.2. The summed E-state index contributed by atoms with van der Waals surface area (Å²) in [6, 6.07) is 11.6. The smallest absolute Gasteiger partial charge is 0.419 e. The van der Waals surface area contributed by atoms with Gasteiger partial charge < -0.3 is 9.47 Å². The first-order valence-electron chi connectivity index (χ1n) is 10.7. The number of ether oxygens (including phenoxy) is 2. The quantitative estimate of drug-likeness (QED) is 0.484. The van der Waals surface area contributed by atoms with Crippen LogP contribution in [0.15, 0.2) is 59.6 Å². The Morgan fingerprint density at radius 2 is 1.88 bits per heavy atom. The minimum absolute atomic E-state index is 0.285. The number of allylic oxidation sites excluding steroid dienone is 2. The number of rotatable bonds is 2. The summed E-state index contributed by atoms with van der Waals surface area (Å²) in [6.45, 7) is 7.68. The molecule has 2 aromatic carbocycles. The first-order chi connectivity index (χ1) is 15.3. The van der Waals surface area contributed by atoms with Crippen LogP contribution >= 0.6 is 0 Å². The lowest BCUT2D eigenvalue weighted by atomic mass is 9.90. The minimum atomic E-state index is -0.620. The van der Waals surface area contributed by atoms with Crippen LogP contribution in [0.2, 0.25) is 0 Å². The van der Waals surface area contributed by atoms with Crippen LogP contribution < -0.4 is 0 Å². The number of benzene rings is 2. The molecule has 0 saturated heterocycles. The van der Waals surface area contributed by atoms with Gasteiger partial charge in [-0.05, 0) is 52.0 Å². The van der Waals surface area contributed by atoms with Gasteiger partial charge in [0.1, 0.15) is 5.60 Å². The lowest BCUT2D eigenvalue weighted by molar-refractivity contribution is -0.144. The molecule has 3 aromatic rings. The molecule has 1 unspecified atom stereocenters. The molecule has 2 aliphatic rings.